The molecular formula is C61H71BrCl10F4N18O15P4. The molecule has 9 N–H and O–H groups in total. The molecule has 0 amide bonds. The minimum absolute atomic E-state index is 0. The van der Waals surface area contributed by atoms with Crippen LogP contribution in [0.25, 0.3) is 44.7 Å². The number of nitrogens with zero attached hydrogens (tertiary/aromatic N) is 15. The second-order valence-electron chi connectivity index (χ2n) is 24.7. The topological polar surface area (TPSA) is 445 Å². The van der Waals surface area contributed by atoms with Crippen molar-refractivity contribution in [3.63, 3.8) is 0 Å². The summed E-state index contributed by atoms with van der Waals surface area (Å²) in [7, 11) is -9.57. The molecule has 33 nitrogen and oxygen atoms in total. The van der Waals surface area contributed by atoms with Crippen LogP contribution >= 0.6 is 157 Å². The monoisotopic (exact) mass is 1920 g/mol. The number of benzene rings is 2. The fourth-order valence-corrected chi connectivity index (χ4v) is 24.8. The zero-order valence-electron chi connectivity index (χ0n) is 58.0. The van der Waals surface area contributed by atoms with Crippen molar-refractivity contribution in [1.82, 2.24) is 78.5 Å². The SMILES string of the molecule is C.CC[C@H]1O[C@@H](n2cnc3c(Cl)nc(Cl)nc32)[C@@H](F)[C@@H]1C.CC[C@H]1O[C@H](Br)[C@@H](F)[C@@H]1C.Clc1nc(Cl)c2[nH]cnc2n1.O=P(Cl)(Cl)CP(=O)(Cl)Cl.O=P(O)(O)CP(=O)(O)OC[C@H]1O[C@@H](n2cnc3c(NCc4ccccc4)nc(Cl)nc32)[C@@H](F)[C@@H]1O.OC[C@H]1O[C@@H](n2cnc3c(NCc4ccccc4)nc(Cl)nc32)[C@@H](F)[C@@H]1O. The Hall–Kier alpha value is -4.18. The van der Waals surface area contributed by atoms with Gasteiger partial charge in [0.15, 0.2) is 98.7 Å². The van der Waals surface area contributed by atoms with Crippen molar-refractivity contribution < 1.29 is 89.3 Å². The fourth-order valence-electron chi connectivity index (χ4n) is 11.4. The van der Waals surface area contributed by atoms with Crippen molar-refractivity contribution in [1.29, 1.82) is 0 Å². The first kappa shape index (κ1) is 94.3. The van der Waals surface area contributed by atoms with Gasteiger partial charge in [-0.05, 0) is 115 Å². The molecule has 4 saturated heterocycles. The van der Waals surface area contributed by atoms with Crippen molar-refractivity contribution >= 4 is 214 Å². The number of hydrogen-bond donors (Lipinski definition) is 9. The van der Waals surface area contributed by atoms with E-state index in [2.05, 4.69) is 95.9 Å². The molecule has 52 heteroatoms. The molecule has 12 heterocycles. The summed E-state index contributed by atoms with van der Waals surface area (Å²) in [5, 5.41) is 35.5. The number of alkyl halides is 5. The van der Waals surface area contributed by atoms with E-state index in [9.17, 15) is 56.0 Å². The Morgan fingerprint density at radius 3 is 1.36 bits per heavy atom. The van der Waals surface area contributed by atoms with E-state index in [0.29, 0.717) is 46.8 Å². The molecule has 10 aromatic rings. The van der Waals surface area contributed by atoms with Gasteiger partial charge in [0, 0.05) is 24.9 Å². The normalized spacial score (nSPS) is 25.4. The van der Waals surface area contributed by atoms with Crippen LogP contribution in [0.3, 0.4) is 0 Å². The Morgan fingerprint density at radius 1 is 0.540 bits per heavy atom. The lowest BCUT2D eigenvalue weighted by Crippen LogP contribution is -2.31. The summed E-state index contributed by atoms with van der Waals surface area (Å²) in [6.45, 7) is 7.31. The molecule has 17 atom stereocenters. The van der Waals surface area contributed by atoms with E-state index >= 15 is 0 Å². The highest BCUT2D eigenvalue weighted by molar-refractivity contribution is 9.09. The van der Waals surface area contributed by atoms with Gasteiger partial charge in [-0.1, -0.05) is 135 Å². The first-order chi connectivity index (χ1) is 52.7. The third-order valence-electron chi connectivity index (χ3n) is 16.8. The van der Waals surface area contributed by atoms with Crippen molar-refractivity contribution in [3.8, 4) is 0 Å². The van der Waals surface area contributed by atoms with Gasteiger partial charge in [0.05, 0.1) is 50.7 Å². The number of rotatable bonds is 19. The zero-order chi connectivity index (χ0) is 82.1. The quantitative estimate of drug-likeness (QED) is 0.0119. The highest BCUT2D eigenvalue weighted by Crippen LogP contribution is 2.72. The summed E-state index contributed by atoms with van der Waals surface area (Å²) in [6.07, 6.45) is -7.63. The summed E-state index contributed by atoms with van der Waals surface area (Å²) >= 11 is 58.2. The number of H-pyrrole nitrogens is 1. The minimum Gasteiger partial charge on any atom is -0.394 e. The number of halogens is 15. The molecule has 2 aromatic carbocycles. The Kier molecular flexibility index (Phi) is 34.4. The number of aromatic nitrogens is 16. The van der Waals surface area contributed by atoms with Gasteiger partial charge in [0.2, 0.25) is 21.1 Å². The number of imidazole rings is 4. The van der Waals surface area contributed by atoms with Crippen LogP contribution in [-0.2, 0) is 54.8 Å². The molecule has 4 aliphatic heterocycles. The lowest BCUT2D eigenvalue weighted by Gasteiger charge is -2.18. The highest BCUT2D eigenvalue weighted by atomic mass is 79.9. The zero-order valence-corrected chi connectivity index (χ0v) is 70.7. The van der Waals surface area contributed by atoms with Gasteiger partial charge in [0.1, 0.15) is 52.5 Å². The van der Waals surface area contributed by atoms with E-state index in [1.54, 1.807) is 0 Å². The number of ether oxygens (including phenoxy) is 4. The van der Waals surface area contributed by atoms with Gasteiger partial charge < -0.3 is 69.1 Å². The van der Waals surface area contributed by atoms with Gasteiger partial charge in [-0.15, -0.1) is 0 Å². The Morgan fingerprint density at radius 2 is 0.947 bits per heavy atom. The maximum Gasteiger partial charge on any atom is 0.340 e. The van der Waals surface area contributed by atoms with Crippen LogP contribution in [0.1, 0.15) is 77.8 Å². The van der Waals surface area contributed by atoms with E-state index < -0.39 is 120 Å². The first-order valence-electron chi connectivity index (χ1n) is 32.9. The summed E-state index contributed by atoms with van der Waals surface area (Å²) in [5.41, 5.74) is 4.89. The smallest absolute Gasteiger partial charge is 0.340 e. The third-order valence-corrected chi connectivity index (χ3v) is 28.7. The largest absolute Gasteiger partial charge is 0.394 e. The molecule has 0 bridgehead atoms. The summed E-state index contributed by atoms with van der Waals surface area (Å²) in [4.78, 5) is 78.5. The molecular weight excluding hydrogens is 1860 g/mol. The minimum atomic E-state index is -4.85. The van der Waals surface area contributed by atoms with Crippen LogP contribution in [0.5, 0.6) is 0 Å². The summed E-state index contributed by atoms with van der Waals surface area (Å²) < 4.78 is 131. The molecule has 113 heavy (non-hydrogen) atoms. The molecule has 14 rings (SSSR count). The van der Waals surface area contributed by atoms with Gasteiger partial charge >= 0.3 is 15.2 Å². The maximum atomic E-state index is 15.0. The average Bonchev–Trinajstić information content (AvgIpc) is 1.63. The second kappa shape index (κ2) is 41.2. The van der Waals surface area contributed by atoms with Crippen LogP contribution in [0.15, 0.2) is 86.0 Å². The Labute approximate surface area is 698 Å². The molecule has 0 saturated carbocycles. The summed E-state index contributed by atoms with van der Waals surface area (Å²) in [5.74, 6) is -8.16. The number of fused-ring (bicyclic) bond motifs is 4. The fraction of sp³-hybridized carbons (Fsp3) is 0.475. The molecule has 0 radical (unpaired) electrons. The van der Waals surface area contributed by atoms with Crippen molar-refractivity contribution in [2.75, 3.05) is 35.7 Å². The Balaban J connectivity index is 0.000000182. The number of hydrogen-bond acceptors (Lipinski definition) is 26. The molecule has 8 aromatic heterocycles. The third kappa shape index (κ3) is 25.2. The van der Waals surface area contributed by atoms with Crippen LogP contribution in [0.2, 0.25) is 31.4 Å². The highest BCUT2D eigenvalue weighted by Gasteiger charge is 2.49. The van der Waals surface area contributed by atoms with Gasteiger partial charge in [0.25, 0.3) is 11.7 Å². The van der Waals surface area contributed by atoms with Crippen LogP contribution in [-0.4, -0.2) is 200 Å². The molecule has 1 unspecified atom stereocenters. The van der Waals surface area contributed by atoms with Gasteiger partial charge in [-0.2, -0.15) is 29.9 Å². The second-order valence-corrected chi connectivity index (χ2v) is 42.7. The van der Waals surface area contributed by atoms with E-state index in [4.69, 9.17) is 143 Å². The Bertz CT molecular complexity index is 5020. The van der Waals surface area contributed by atoms with Gasteiger partial charge in [-0.3, -0.25) is 32.0 Å². The lowest BCUT2D eigenvalue weighted by atomic mass is 10.00. The maximum absolute atomic E-state index is 15.0. The van der Waals surface area contributed by atoms with Crippen molar-refractivity contribution in [3.05, 3.63) is 129 Å². The van der Waals surface area contributed by atoms with Crippen molar-refractivity contribution in [2.45, 2.75) is 146 Å². The number of aliphatic hydroxyl groups excluding tert-OH is 3. The predicted molar refractivity (Wildman–Crippen MR) is 425 cm³/mol. The van der Waals surface area contributed by atoms with Crippen LogP contribution in [0, 0.1) is 11.8 Å². The lowest BCUT2D eigenvalue weighted by molar-refractivity contribution is -0.0459. The van der Waals surface area contributed by atoms with Crippen molar-refractivity contribution in [2.24, 2.45) is 11.8 Å². The van der Waals surface area contributed by atoms with Crippen LogP contribution in [0.4, 0.5) is 29.2 Å². The molecule has 620 valence electrons. The summed E-state index contributed by atoms with van der Waals surface area (Å²) in [6, 6.07) is 19.1. The molecule has 4 fully saturated rings. The molecule has 0 spiro atoms. The van der Waals surface area contributed by atoms with Crippen LogP contribution < -0.4 is 10.6 Å². The molecule has 4 aliphatic rings. The predicted octanol–water partition coefficient (Wildman–Crippen LogP) is 16.2. The average molecular weight is 1930 g/mol. The van der Waals surface area contributed by atoms with Gasteiger partial charge in [-0.25, -0.2) is 47.5 Å². The number of aromatic amines is 1. The van der Waals surface area contributed by atoms with E-state index in [0.717, 1.165) is 24.0 Å². The van der Waals surface area contributed by atoms with E-state index in [-0.39, 0.29) is 90.6 Å². The number of aliphatic hydroxyl groups is 3. The number of anilines is 2. The standard InChI is InChI=1S/C18H21ClFN5O8P2.C17H17ClFN5O3.C12H13Cl2FN4O.C7H12BrFO.C5H2Cl2N4.CH2Cl4O2P2.CH4/c19-18-23-15(21-6-10-4-2-1-3-5-10)13-16(24-18)25(8-22-13)17-12(20)14(26)11(33-17)7-32-35(30,31)9-34(27,28)29;18-17-22-14(20-6-9-4-2-1-3-5-9)12-15(23-17)24(8-21-12)16-11(19)13(26)10(7-25)27-16;1-3-6-5(2)7(15)11(20-6)19-4-16-8-9(13)17-12(14)18-10(8)19;1-3-5-4(2)6(9)7(8)10-5;6-3-2-4(9-1-8-2)11-5(7)10-3;2-8(3,6)1-9(4,5)7;/h1-5,8,11-12,14,17,26H,6-7,9H2,(H,30,31)(H,21,23,24)(H2,27,28,29);1-5,8,10-11,13,16,25-26H,6-7H2,(H,20,22,23);4-7,11H,3H2,1-2H3;4-7H,3H2,1-2H3;1H,(H,8,9,10,11);1H2;1H4/t11-,12+,14-,17-;10-,11+,13-,16-;5-,6-,7+,11-;4-,5-,6+,7+;;;/m1111.../s1. The molecule has 0 aliphatic carbocycles. The first-order valence-corrected chi connectivity index (χ1v) is 47.0. The van der Waals surface area contributed by atoms with E-state index in [1.165, 1.54) is 39.0 Å². The van der Waals surface area contributed by atoms with E-state index in [1.807, 2.05) is 88.4 Å². The number of nitrogens with one attached hydrogen (secondary N) is 3.